The summed E-state index contributed by atoms with van der Waals surface area (Å²) in [6.45, 7) is 3.30. The minimum absolute atomic E-state index is 0.212. The highest BCUT2D eigenvalue weighted by Gasteiger charge is 2.08. The van der Waals surface area contributed by atoms with Crippen molar-refractivity contribution in [3.63, 3.8) is 0 Å². The highest BCUT2D eigenvalue weighted by molar-refractivity contribution is 9.10. The average molecular weight is 290 g/mol. The van der Waals surface area contributed by atoms with Crippen LogP contribution in [0.4, 0.5) is 4.39 Å². The Bertz CT molecular complexity index is 313. The molecule has 0 radical (unpaired) electrons. The molecule has 0 bridgehead atoms. The van der Waals surface area contributed by atoms with Crippen LogP contribution in [0, 0.1) is 5.82 Å². The summed E-state index contributed by atoms with van der Waals surface area (Å²) in [4.78, 5) is 0. The molecule has 1 aromatic carbocycles. The van der Waals surface area contributed by atoms with Gasteiger partial charge in [0, 0.05) is 17.1 Å². The van der Waals surface area contributed by atoms with Crippen molar-refractivity contribution in [1.82, 2.24) is 5.32 Å². The van der Waals surface area contributed by atoms with E-state index in [1.54, 1.807) is 6.07 Å². The number of hydrogen-bond acceptors (Lipinski definition) is 2. The van der Waals surface area contributed by atoms with E-state index in [9.17, 15) is 4.39 Å². The molecule has 0 saturated carbocycles. The van der Waals surface area contributed by atoms with Crippen molar-refractivity contribution in [2.45, 2.75) is 19.4 Å². The van der Waals surface area contributed by atoms with Crippen LogP contribution >= 0.6 is 15.9 Å². The predicted molar refractivity (Wildman–Crippen MR) is 67.1 cm³/mol. The summed E-state index contributed by atoms with van der Waals surface area (Å²) in [6, 6.07) is 5.16. The smallest absolute Gasteiger partial charge is 0.124 e. The van der Waals surface area contributed by atoms with E-state index in [1.807, 2.05) is 20.0 Å². The van der Waals surface area contributed by atoms with E-state index in [0.29, 0.717) is 13.2 Å². The van der Waals surface area contributed by atoms with Crippen LogP contribution in [0.25, 0.3) is 0 Å². The monoisotopic (exact) mass is 289 g/mol. The lowest BCUT2D eigenvalue weighted by Gasteiger charge is -2.16. The van der Waals surface area contributed by atoms with E-state index >= 15 is 0 Å². The molecular formula is C12H17BrFNO. The normalized spacial score (nSPS) is 12.8. The molecular weight excluding hydrogens is 273 g/mol. The fourth-order valence-electron chi connectivity index (χ4n) is 1.52. The van der Waals surface area contributed by atoms with Crippen molar-refractivity contribution in [3.8, 4) is 0 Å². The van der Waals surface area contributed by atoms with Crippen LogP contribution in [-0.2, 0) is 11.2 Å². The summed E-state index contributed by atoms with van der Waals surface area (Å²) in [5.74, 6) is -0.212. The first-order valence-electron chi connectivity index (χ1n) is 5.35. The molecule has 0 heterocycles. The maximum absolute atomic E-state index is 13.2. The summed E-state index contributed by atoms with van der Waals surface area (Å²) in [5.41, 5.74) is 0.964. The minimum atomic E-state index is -0.212. The number of halogens is 2. The topological polar surface area (TPSA) is 21.3 Å². The molecule has 0 fully saturated rings. The first kappa shape index (κ1) is 13.6. The summed E-state index contributed by atoms with van der Waals surface area (Å²) in [7, 11) is 1.89. The van der Waals surface area contributed by atoms with E-state index in [0.717, 1.165) is 16.5 Å². The van der Waals surface area contributed by atoms with Gasteiger partial charge in [-0.1, -0.05) is 15.9 Å². The van der Waals surface area contributed by atoms with Crippen LogP contribution in [0.5, 0.6) is 0 Å². The summed E-state index contributed by atoms with van der Waals surface area (Å²) >= 11 is 3.29. The van der Waals surface area contributed by atoms with Crippen LogP contribution in [0.1, 0.15) is 12.5 Å². The molecule has 1 aromatic rings. The predicted octanol–water partition coefficient (Wildman–Crippen LogP) is 2.76. The Hall–Kier alpha value is -0.450. The highest BCUT2D eigenvalue weighted by atomic mass is 79.9. The molecule has 1 rings (SSSR count). The SMILES string of the molecule is CCOCC(Cc1cc(F)cc(Br)c1)NC. The maximum Gasteiger partial charge on any atom is 0.124 e. The zero-order chi connectivity index (χ0) is 12.0. The summed E-state index contributed by atoms with van der Waals surface area (Å²) in [6.07, 6.45) is 0.757. The van der Waals surface area contributed by atoms with Gasteiger partial charge in [-0.2, -0.15) is 0 Å². The molecule has 1 N–H and O–H groups in total. The van der Waals surface area contributed by atoms with Crippen LogP contribution in [0.15, 0.2) is 22.7 Å². The van der Waals surface area contributed by atoms with Crippen LogP contribution in [0.3, 0.4) is 0 Å². The van der Waals surface area contributed by atoms with Crippen molar-refractivity contribution in [1.29, 1.82) is 0 Å². The molecule has 0 aliphatic heterocycles. The van der Waals surface area contributed by atoms with Crippen molar-refractivity contribution in [2.24, 2.45) is 0 Å². The van der Waals surface area contributed by atoms with Gasteiger partial charge in [-0.3, -0.25) is 0 Å². The Kier molecular flexibility index (Phi) is 5.95. The first-order chi connectivity index (χ1) is 7.65. The largest absolute Gasteiger partial charge is 0.380 e. The maximum atomic E-state index is 13.2. The van der Waals surface area contributed by atoms with Gasteiger partial charge >= 0.3 is 0 Å². The Morgan fingerprint density at radius 3 is 2.75 bits per heavy atom. The van der Waals surface area contributed by atoms with Crippen LogP contribution in [0.2, 0.25) is 0 Å². The third-order valence-corrected chi connectivity index (χ3v) is 2.79. The lowest BCUT2D eigenvalue weighted by atomic mass is 10.1. The van der Waals surface area contributed by atoms with Gasteiger partial charge in [-0.25, -0.2) is 4.39 Å². The zero-order valence-corrected chi connectivity index (χ0v) is 11.2. The molecule has 0 saturated heterocycles. The Morgan fingerprint density at radius 1 is 1.44 bits per heavy atom. The standard InChI is InChI=1S/C12H17BrFNO/c1-3-16-8-12(15-2)6-9-4-10(13)7-11(14)5-9/h4-5,7,12,15H,3,6,8H2,1-2H3. The van der Waals surface area contributed by atoms with Crippen molar-refractivity contribution < 1.29 is 9.13 Å². The molecule has 0 spiro atoms. The average Bonchev–Trinajstić information content (AvgIpc) is 2.22. The van der Waals surface area contributed by atoms with Gasteiger partial charge < -0.3 is 10.1 Å². The Labute approximate surface area is 104 Å². The van der Waals surface area contributed by atoms with Crippen molar-refractivity contribution >= 4 is 15.9 Å². The third-order valence-electron chi connectivity index (χ3n) is 2.34. The van der Waals surface area contributed by atoms with Gasteiger partial charge in [0.15, 0.2) is 0 Å². The van der Waals surface area contributed by atoms with Crippen LogP contribution < -0.4 is 5.32 Å². The van der Waals surface area contributed by atoms with Gasteiger partial charge in [0.1, 0.15) is 5.82 Å². The quantitative estimate of drug-likeness (QED) is 0.870. The van der Waals surface area contributed by atoms with E-state index in [1.165, 1.54) is 6.07 Å². The molecule has 1 atom stereocenters. The van der Waals surface area contributed by atoms with Crippen LogP contribution in [-0.4, -0.2) is 26.3 Å². The molecule has 0 aromatic heterocycles. The second-order valence-electron chi connectivity index (χ2n) is 3.63. The lowest BCUT2D eigenvalue weighted by Crippen LogP contribution is -2.32. The number of ether oxygens (including phenoxy) is 1. The van der Waals surface area contributed by atoms with E-state index < -0.39 is 0 Å². The molecule has 4 heteroatoms. The fourth-order valence-corrected chi connectivity index (χ4v) is 2.03. The van der Waals surface area contributed by atoms with Gasteiger partial charge in [0.05, 0.1) is 6.61 Å². The minimum Gasteiger partial charge on any atom is -0.380 e. The third kappa shape index (κ3) is 4.60. The zero-order valence-electron chi connectivity index (χ0n) is 9.59. The molecule has 0 aliphatic carbocycles. The van der Waals surface area contributed by atoms with Gasteiger partial charge in [0.25, 0.3) is 0 Å². The number of benzene rings is 1. The van der Waals surface area contributed by atoms with E-state index in [4.69, 9.17) is 4.74 Å². The Balaban J connectivity index is 2.62. The molecule has 2 nitrogen and oxygen atoms in total. The molecule has 0 aliphatic rings. The lowest BCUT2D eigenvalue weighted by molar-refractivity contribution is 0.125. The Morgan fingerprint density at radius 2 is 2.19 bits per heavy atom. The molecule has 1 unspecified atom stereocenters. The number of likely N-dealkylation sites (N-methyl/N-ethyl adjacent to an activating group) is 1. The van der Waals surface area contributed by atoms with Gasteiger partial charge in [-0.05, 0) is 44.2 Å². The van der Waals surface area contributed by atoms with E-state index in [-0.39, 0.29) is 11.9 Å². The van der Waals surface area contributed by atoms with Crippen molar-refractivity contribution in [2.75, 3.05) is 20.3 Å². The first-order valence-corrected chi connectivity index (χ1v) is 6.15. The second-order valence-corrected chi connectivity index (χ2v) is 4.54. The summed E-state index contributed by atoms with van der Waals surface area (Å²) < 4.78 is 19.3. The van der Waals surface area contributed by atoms with E-state index in [2.05, 4.69) is 21.2 Å². The number of nitrogens with one attached hydrogen (secondary N) is 1. The molecule has 90 valence electrons. The number of hydrogen-bond donors (Lipinski definition) is 1. The second kappa shape index (κ2) is 6.99. The summed E-state index contributed by atoms with van der Waals surface area (Å²) in [5, 5.41) is 3.16. The highest BCUT2D eigenvalue weighted by Crippen LogP contribution is 2.16. The van der Waals surface area contributed by atoms with Crippen molar-refractivity contribution in [3.05, 3.63) is 34.1 Å². The van der Waals surface area contributed by atoms with Gasteiger partial charge in [-0.15, -0.1) is 0 Å². The number of rotatable bonds is 6. The fraction of sp³-hybridized carbons (Fsp3) is 0.500. The van der Waals surface area contributed by atoms with Gasteiger partial charge in [0.2, 0.25) is 0 Å². The molecule has 16 heavy (non-hydrogen) atoms. The molecule has 0 amide bonds.